The van der Waals surface area contributed by atoms with Gasteiger partial charge in [-0.2, -0.15) is 0 Å². The molecule has 0 spiro atoms. The molecule has 0 bridgehead atoms. The SMILES string of the molecule is CNC(Cc1cn2ccsc2n1)c1cc(C)ccc1Br. The molecule has 5 heteroatoms. The number of halogens is 1. The Morgan fingerprint density at radius 1 is 1.45 bits per heavy atom. The molecule has 0 aliphatic carbocycles. The molecule has 3 aromatic rings. The van der Waals surface area contributed by atoms with Crippen LogP contribution in [-0.2, 0) is 6.42 Å². The fraction of sp³-hybridized carbons (Fsp3) is 0.267. The first-order valence-corrected chi connectivity index (χ1v) is 8.19. The van der Waals surface area contributed by atoms with Crippen molar-refractivity contribution in [2.75, 3.05) is 7.05 Å². The van der Waals surface area contributed by atoms with E-state index in [4.69, 9.17) is 0 Å². The fourth-order valence-corrected chi connectivity index (χ4v) is 3.62. The van der Waals surface area contributed by atoms with Gasteiger partial charge in [0.2, 0.25) is 0 Å². The number of imidazole rings is 1. The van der Waals surface area contributed by atoms with Gasteiger partial charge < -0.3 is 5.32 Å². The summed E-state index contributed by atoms with van der Waals surface area (Å²) < 4.78 is 3.22. The summed E-state index contributed by atoms with van der Waals surface area (Å²) in [5, 5.41) is 5.45. The highest BCUT2D eigenvalue weighted by molar-refractivity contribution is 9.10. The highest BCUT2D eigenvalue weighted by Gasteiger charge is 2.15. The van der Waals surface area contributed by atoms with E-state index < -0.39 is 0 Å². The summed E-state index contributed by atoms with van der Waals surface area (Å²) in [5.41, 5.74) is 3.67. The minimum Gasteiger partial charge on any atom is -0.313 e. The zero-order chi connectivity index (χ0) is 14.1. The molecule has 3 rings (SSSR count). The molecule has 0 saturated heterocycles. The van der Waals surface area contributed by atoms with Crippen molar-refractivity contribution in [3.63, 3.8) is 0 Å². The van der Waals surface area contributed by atoms with Crippen molar-refractivity contribution in [1.82, 2.24) is 14.7 Å². The third kappa shape index (κ3) is 2.66. The number of aromatic nitrogens is 2. The first kappa shape index (κ1) is 13.8. The van der Waals surface area contributed by atoms with Crippen molar-refractivity contribution in [2.24, 2.45) is 0 Å². The summed E-state index contributed by atoms with van der Waals surface area (Å²) in [6, 6.07) is 6.71. The number of thiazole rings is 1. The average molecular weight is 350 g/mol. The summed E-state index contributed by atoms with van der Waals surface area (Å²) in [4.78, 5) is 5.72. The molecule has 2 aromatic heterocycles. The van der Waals surface area contributed by atoms with Crippen LogP contribution in [0.5, 0.6) is 0 Å². The Bertz CT molecular complexity index is 703. The Morgan fingerprint density at radius 2 is 2.30 bits per heavy atom. The molecule has 0 radical (unpaired) electrons. The molecule has 0 aliphatic heterocycles. The standard InChI is InChI=1S/C15H16BrN3S/c1-10-3-4-13(16)12(7-10)14(17-2)8-11-9-19-5-6-20-15(19)18-11/h3-7,9,14,17H,8H2,1-2H3. The molecule has 3 nitrogen and oxygen atoms in total. The van der Waals surface area contributed by atoms with E-state index in [-0.39, 0.29) is 6.04 Å². The molecule has 1 atom stereocenters. The molecule has 1 N–H and O–H groups in total. The number of nitrogens with one attached hydrogen (secondary N) is 1. The van der Waals surface area contributed by atoms with Gasteiger partial charge in [-0.1, -0.05) is 33.6 Å². The van der Waals surface area contributed by atoms with Crippen LogP contribution >= 0.6 is 27.3 Å². The number of hydrogen-bond donors (Lipinski definition) is 1. The summed E-state index contributed by atoms with van der Waals surface area (Å²) >= 11 is 5.32. The van der Waals surface area contributed by atoms with E-state index in [0.717, 1.165) is 21.5 Å². The quantitative estimate of drug-likeness (QED) is 0.772. The number of likely N-dealkylation sites (N-methyl/N-ethyl adjacent to an activating group) is 1. The molecule has 20 heavy (non-hydrogen) atoms. The molecule has 1 unspecified atom stereocenters. The Kier molecular flexibility index (Phi) is 3.92. The second-order valence-electron chi connectivity index (χ2n) is 4.90. The van der Waals surface area contributed by atoms with Gasteiger partial charge in [0.1, 0.15) is 0 Å². The highest BCUT2D eigenvalue weighted by atomic mass is 79.9. The summed E-state index contributed by atoms with van der Waals surface area (Å²) in [7, 11) is 2.00. The van der Waals surface area contributed by atoms with E-state index in [9.17, 15) is 0 Å². The van der Waals surface area contributed by atoms with Crippen LogP contribution in [0.4, 0.5) is 0 Å². The lowest BCUT2D eigenvalue weighted by atomic mass is 10.0. The maximum Gasteiger partial charge on any atom is 0.193 e. The summed E-state index contributed by atoms with van der Waals surface area (Å²) in [5.74, 6) is 0. The average Bonchev–Trinajstić information content (AvgIpc) is 3.00. The van der Waals surface area contributed by atoms with E-state index in [1.807, 2.05) is 13.2 Å². The minimum absolute atomic E-state index is 0.258. The van der Waals surface area contributed by atoms with Crippen LogP contribution in [0, 0.1) is 6.92 Å². The number of hydrogen-bond acceptors (Lipinski definition) is 3. The first-order valence-electron chi connectivity index (χ1n) is 6.52. The lowest BCUT2D eigenvalue weighted by Gasteiger charge is -2.17. The molecular formula is C15H16BrN3S. The van der Waals surface area contributed by atoms with Gasteiger partial charge in [0.15, 0.2) is 4.96 Å². The van der Waals surface area contributed by atoms with Crippen LogP contribution < -0.4 is 5.32 Å². The first-order chi connectivity index (χ1) is 9.67. The van der Waals surface area contributed by atoms with Gasteiger partial charge in [-0.25, -0.2) is 4.98 Å². The predicted octanol–water partition coefficient (Wildman–Crippen LogP) is 3.97. The van der Waals surface area contributed by atoms with Crippen molar-refractivity contribution in [1.29, 1.82) is 0 Å². The largest absolute Gasteiger partial charge is 0.313 e. The molecule has 0 fully saturated rings. The van der Waals surface area contributed by atoms with E-state index >= 15 is 0 Å². The maximum absolute atomic E-state index is 4.66. The molecule has 0 amide bonds. The van der Waals surface area contributed by atoms with E-state index in [1.54, 1.807) is 11.3 Å². The van der Waals surface area contributed by atoms with Crippen LogP contribution in [0.15, 0.2) is 40.4 Å². The Morgan fingerprint density at radius 3 is 3.05 bits per heavy atom. The summed E-state index contributed by atoms with van der Waals surface area (Å²) in [6.45, 7) is 2.12. The number of rotatable bonds is 4. The molecule has 0 aliphatic rings. The van der Waals surface area contributed by atoms with Gasteiger partial charge >= 0.3 is 0 Å². The van der Waals surface area contributed by atoms with Gasteiger partial charge in [-0.05, 0) is 25.6 Å². The zero-order valence-corrected chi connectivity index (χ0v) is 13.8. The smallest absolute Gasteiger partial charge is 0.193 e. The number of nitrogens with zero attached hydrogens (tertiary/aromatic N) is 2. The van der Waals surface area contributed by atoms with Crippen LogP contribution in [0.2, 0.25) is 0 Å². The van der Waals surface area contributed by atoms with Crippen LogP contribution in [0.3, 0.4) is 0 Å². The van der Waals surface area contributed by atoms with Crippen molar-refractivity contribution >= 4 is 32.2 Å². The maximum atomic E-state index is 4.66. The van der Waals surface area contributed by atoms with Crippen LogP contribution in [0.1, 0.15) is 22.9 Å². The number of benzene rings is 1. The van der Waals surface area contributed by atoms with Crippen LogP contribution in [-0.4, -0.2) is 16.4 Å². The Balaban J connectivity index is 1.89. The Hall–Kier alpha value is -1.17. The topological polar surface area (TPSA) is 29.3 Å². The van der Waals surface area contributed by atoms with E-state index in [2.05, 4.69) is 67.3 Å². The van der Waals surface area contributed by atoms with Gasteiger partial charge in [0.25, 0.3) is 0 Å². The van der Waals surface area contributed by atoms with Crippen LogP contribution in [0.25, 0.3) is 4.96 Å². The zero-order valence-electron chi connectivity index (χ0n) is 11.4. The lowest BCUT2D eigenvalue weighted by molar-refractivity contribution is 0.583. The number of fused-ring (bicyclic) bond motifs is 1. The van der Waals surface area contributed by atoms with Gasteiger partial charge in [0.05, 0.1) is 5.69 Å². The van der Waals surface area contributed by atoms with Crippen molar-refractivity contribution in [3.8, 4) is 0 Å². The van der Waals surface area contributed by atoms with Gasteiger partial charge in [0, 0.05) is 34.7 Å². The fourth-order valence-electron chi connectivity index (χ4n) is 2.38. The second kappa shape index (κ2) is 5.68. The normalized spacial score (nSPS) is 12.9. The number of aryl methyl sites for hydroxylation is 1. The monoisotopic (exact) mass is 349 g/mol. The van der Waals surface area contributed by atoms with Gasteiger partial charge in [-0.15, -0.1) is 11.3 Å². The molecule has 0 saturated carbocycles. The Labute approximate surface area is 130 Å². The molecular weight excluding hydrogens is 334 g/mol. The van der Waals surface area contributed by atoms with Crippen molar-refractivity contribution in [2.45, 2.75) is 19.4 Å². The van der Waals surface area contributed by atoms with Gasteiger partial charge in [-0.3, -0.25) is 4.40 Å². The highest BCUT2D eigenvalue weighted by Crippen LogP contribution is 2.27. The molecule has 2 heterocycles. The molecule has 1 aromatic carbocycles. The predicted molar refractivity (Wildman–Crippen MR) is 87.5 cm³/mol. The third-order valence-electron chi connectivity index (χ3n) is 3.43. The molecule has 104 valence electrons. The van der Waals surface area contributed by atoms with Crippen molar-refractivity contribution in [3.05, 3.63) is 57.3 Å². The van der Waals surface area contributed by atoms with E-state index in [0.29, 0.717) is 0 Å². The van der Waals surface area contributed by atoms with Crippen molar-refractivity contribution < 1.29 is 0 Å². The van der Waals surface area contributed by atoms with E-state index in [1.165, 1.54) is 11.1 Å². The lowest BCUT2D eigenvalue weighted by Crippen LogP contribution is -2.19. The summed E-state index contributed by atoms with van der Waals surface area (Å²) in [6.07, 6.45) is 5.04. The second-order valence-corrected chi connectivity index (χ2v) is 6.62. The third-order valence-corrected chi connectivity index (χ3v) is 4.92. The minimum atomic E-state index is 0.258.